The number of aryl methyl sites for hydroxylation is 1. The number of hydrogen-bond donors (Lipinski definition) is 1. The minimum atomic E-state index is 0.441. The third-order valence-electron chi connectivity index (χ3n) is 2.84. The first-order valence-electron chi connectivity index (χ1n) is 7.28. The molecule has 0 aromatic heterocycles. The van der Waals surface area contributed by atoms with Crippen LogP contribution in [0.5, 0.6) is 0 Å². The molecule has 1 heterocycles. The lowest BCUT2D eigenvalue weighted by atomic mass is 10.2. The Morgan fingerprint density at radius 1 is 1.04 bits per heavy atom. The van der Waals surface area contributed by atoms with Crippen LogP contribution in [0.25, 0.3) is 0 Å². The van der Waals surface area contributed by atoms with E-state index < -0.39 is 0 Å². The highest BCUT2D eigenvalue weighted by atomic mass is 16.7. The van der Waals surface area contributed by atoms with Crippen molar-refractivity contribution in [2.45, 2.75) is 13.8 Å². The third-order valence-corrected chi connectivity index (χ3v) is 2.84. The molecule has 23 heavy (non-hydrogen) atoms. The van der Waals surface area contributed by atoms with Gasteiger partial charge in [0.15, 0.2) is 11.5 Å². The maximum Gasteiger partial charge on any atom is 0.290 e. The molecule has 3 nitrogen and oxygen atoms in total. The molecule has 3 heteroatoms. The Morgan fingerprint density at radius 3 is 2.26 bits per heavy atom. The summed E-state index contributed by atoms with van der Waals surface area (Å²) in [6.07, 6.45) is 12.3. The second-order valence-electron chi connectivity index (χ2n) is 4.60. The number of hydrogen-bond acceptors (Lipinski definition) is 3. The second-order valence-corrected chi connectivity index (χ2v) is 4.60. The van der Waals surface area contributed by atoms with Crippen molar-refractivity contribution in [1.82, 2.24) is 0 Å². The van der Waals surface area contributed by atoms with Crippen LogP contribution in [-0.2, 0) is 9.47 Å². The molecular formula is C20H23NO2. The van der Waals surface area contributed by atoms with Gasteiger partial charge < -0.3 is 15.2 Å². The molecule has 0 fully saturated rings. The molecule has 120 valence electrons. The number of para-hydroxylation sites is 1. The lowest BCUT2D eigenvalue weighted by Crippen LogP contribution is -1.85. The maximum absolute atomic E-state index is 5.52. The smallest absolute Gasteiger partial charge is 0.290 e. The largest absolute Gasteiger partial charge is 0.422 e. The van der Waals surface area contributed by atoms with Gasteiger partial charge in [-0.2, -0.15) is 0 Å². The Morgan fingerprint density at radius 2 is 1.74 bits per heavy atom. The second kappa shape index (κ2) is 9.90. The van der Waals surface area contributed by atoms with Gasteiger partial charge in [-0.15, -0.1) is 0 Å². The molecule has 0 unspecified atom stereocenters. The summed E-state index contributed by atoms with van der Waals surface area (Å²) in [7, 11) is 0. The summed E-state index contributed by atoms with van der Waals surface area (Å²) in [5.41, 5.74) is 7.53. The van der Waals surface area contributed by atoms with Crippen LogP contribution in [0.15, 0.2) is 97.4 Å². The molecule has 2 rings (SSSR count). The van der Waals surface area contributed by atoms with Crippen molar-refractivity contribution < 1.29 is 9.47 Å². The zero-order valence-electron chi connectivity index (χ0n) is 13.7. The standard InChI is InChI=1S/C13H14O2.C7H9N/c1-4-7-8-10-13-14-11(6-3)12(15-13)9-5-2;1-6-4-2-3-5-7(6)8/h4-10H,1,3H2,2H3;2-5H,8H2,1H3/b8-7-,9-5-,13-10-;. The van der Waals surface area contributed by atoms with Gasteiger partial charge in [-0.1, -0.05) is 55.7 Å². The van der Waals surface area contributed by atoms with Crippen LogP contribution in [0, 0.1) is 6.92 Å². The Kier molecular flexibility index (Phi) is 7.79. The van der Waals surface area contributed by atoms with Crippen molar-refractivity contribution in [1.29, 1.82) is 0 Å². The highest BCUT2D eigenvalue weighted by Crippen LogP contribution is 2.26. The summed E-state index contributed by atoms with van der Waals surface area (Å²) in [4.78, 5) is 0. The lowest BCUT2D eigenvalue weighted by Gasteiger charge is -1.95. The van der Waals surface area contributed by atoms with E-state index in [1.54, 1.807) is 30.4 Å². The zero-order chi connectivity index (χ0) is 17.1. The normalized spacial score (nSPS) is 15.3. The SMILES string of the molecule is C=C/C=C\C=C1\OC(C=C)=C(/C=C\C)O1.Cc1ccccc1N. The molecule has 0 spiro atoms. The number of allylic oxidation sites excluding steroid dienone is 7. The predicted molar refractivity (Wildman–Crippen MR) is 97.2 cm³/mol. The molecule has 0 saturated carbocycles. The average Bonchev–Trinajstić information content (AvgIpc) is 2.94. The van der Waals surface area contributed by atoms with Gasteiger partial charge in [-0.05, 0) is 37.6 Å². The number of ether oxygens (including phenoxy) is 2. The molecule has 0 aliphatic carbocycles. The minimum Gasteiger partial charge on any atom is -0.422 e. The molecule has 1 aliphatic heterocycles. The molecule has 0 amide bonds. The fourth-order valence-electron chi connectivity index (χ4n) is 1.62. The first kappa shape index (κ1) is 18.1. The summed E-state index contributed by atoms with van der Waals surface area (Å²) in [6.45, 7) is 11.1. The van der Waals surface area contributed by atoms with E-state index in [9.17, 15) is 0 Å². The van der Waals surface area contributed by atoms with Gasteiger partial charge in [-0.3, -0.25) is 0 Å². The van der Waals surface area contributed by atoms with Gasteiger partial charge in [0.05, 0.1) is 0 Å². The first-order chi connectivity index (χ1) is 11.1. The zero-order valence-corrected chi connectivity index (χ0v) is 13.7. The number of benzene rings is 1. The van der Waals surface area contributed by atoms with E-state index in [1.807, 2.05) is 50.3 Å². The Balaban J connectivity index is 0.000000277. The lowest BCUT2D eigenvalue weighted by molar-refractivity contribution is 0.185. The van der Waals surface area contributed by atoms with E-state index in [-0.39, 0.29) is 0 Å². The molecule has 0 saturated heterocycles. The van der Waals surface area contributed by atoms with Crippen molar-refractivity contribution >= 4 is 5.69 Å². The van der Waals surface area contributed by atoms with Crippen molar-refractivity contribution in [2.24, 2.45) is 0 Å². The number of nitrogen functional groups attached to an aromatic ring is 1. The minimum absolute atomic E-state index is 0.441. The Labute approximate surface area is 138 Å². The van der Waals surface area contributed by atoms with E-state index in [2.05, 4.69) is 13.2 Å². The molecule has 1 aromatic rings. The number of rotatable bonds is 4. The van der Waals surface area contributed by atoms with Crippen LogP contribution in [-0.4, -0.2) is 0 Å². The molecule has 0 atom stereocenters. The fourth-order valence-corrected chi connectivity index (χ4v) is 1.62. The topological polar surface area (TPSA) is 44.5 Å². The van der Waals surface area contributed by atoms with E-state index in [1.165, 1.54) is 0 Å². The summed E-state index contributed by atoms with van der Waals surface area (Å²) in [5, 5.41) is 0. The van der Waals surface area contributed by atoms with Gasteiger partial charge in [0.2, 0.25) is 0 Å². The van der Waals surface area contributed by atoms with Gasteiger partial charge in [0.1, 0.15) is 0 Å². The maximum atomic E-state index is 5.52. The van der Waals surface area contributed by atoms with Gasteiger partial charge in [-0.25, -0.2) is 0 Å². The van der Waals surface area contributed by atoms with Crippen LogP contribution in [0.1, 0.15) is 12.5 Å². The number of anilines is 1. The van der Waals surface area contributed by atoms with Crippen molar-refractivity contribution in [3.05, 3.63) is 103 Å². The van der Waals surface area contributed by atoms with Crippen LogP contribution in [0.4, 0.5) is 5.69 Å². The van der Waals surface area contributed by atoms with Crippen LogP contribution in [0.2, 0.25) is 0 Å². The van der Waals surface area contributed by atoms with Gasteiger partial charge in [0.25, 0.3) is 5.95 Å². The van der Waals surface area contributed by atoms with Crippen LogP contribution < -0.4 is 5.73 Å². The van der Waals surface area contributed by atoms with E-state index >= 15 is 0 Å². The Bertz CT molecular complexity index is 643. The van der Waals surface area contributed by atoms with Crippen LogP contribution in [0.3, 0.4) is 0 Å². The molecule has 1 aromatic carbocycles. The molecule has 0 bridgehead atoms. The molecular weight excluding hydrogens is 286 g/mol. The van der Waals surface area contributed by atoms with E-state index in [0.717, 1.165) is 11.3 Å². The average molecular weight is 309 g/mol. The Hall–Kier alpha value is -2.94. The fraction of sp³-hybridized carbons (Fsp3) is 0.100. The van der Waals surface area contributed by atoms with E-state index in [4.69, 9.17) is 15.2 Å². The highest BCUT2D eigenvalue weighted by Gasteiger charge is 2.17. The predicted octanol–water partition coefficient (Wildman–Crippen LogP) is 5.17. The van der Waals surface area contributed by atoms with Crippen molar-refractivity contribution in [3.8, 4) is 0 Å². The monoisotopic (exact) mass is 309 g/mol. The van der Waals surface area contributed by atoms with E-state index in [0.29, 0.717) is 17.5 Å². The van der Waals surface area contributed by atoms with Crippen molar-refractivity contribution in [3.63, 3.8) is 0 Å². The quantitative estimate of drug-likeness (QED) is 0.616. The van der Waals surface area contributed by atoms with Crippen molar-refractivity contribution in [2.75, 3.05) is 5.73 Å². The summed E-state index contributed by atoms with van der Waals surface area (Å²) in [5.74, 6) is 1.74. The van der Waals surface area contributed by atoms with Crippen LogP contribution >= 0.6 is 0 Å². The molecule has 2 N–H and O–H groups in total. The number of nitrogens with two attached hydrogens (primary N) is 1. The first-order valence-corrected chi connectivity index (χ1v) is 7.28. The summed E-state index contributed by atoms with van der Waals surface area (Å²) >= 11 is 0. The van der Waals surface area contributed by atoms with Gasteiger partial charge >= 0.3 is 0 Å². The summed E-state index contributed by atoms with van der Waals surface area (Å²) in [6, 6.07) is 7.80. The summed E-state index contributed by atoms with van der Waals surface area (Å²) < 4.78 is 10.8. The highest BCUT2D eigenvalue weighted by molar-refractivity contribution is 5.44. The molecule has 1 aliphatic rings. The molecule has 0 radical (unpaired) electrons. The van der Waals surface area contributed by atoms with Gasteiger partial charge in [0, 0.05) is 11.8 Å². The third kappa shape index (κ3) is 6.14.